The van der Waals surface area contributed by atoms with Crippen LogP contribution in [-0.2, 0) is 6.42 Å². The van der Waals surface area contributed by atoms with Crippen molar-refractivity contribution in [2.75, 3.05) is 22.5 Å². The molecule has 0 aliphatic heterocycles. The van der Waals surface area contributed by atoms with Crippen molar-refractivity contribution in [2.24, 2.45) is 0 Å². The molecule has 150 valence electrons. The molecule has 0 unspecified atom stereocenters. The molecule has 3 aromatic carbocycles. The van der Waals surface area contributed by atoms with Gasteiger partial charge in [-0.2, -0.15) is 15.0 Å². The Morgan fingerprint density at radius 1 is 0.633 bits per heavy atom. The topological polar surface area (TPSA) is 74.8 Å². The zero-order valence-electron chi connectivity index (χ0n) is 16.2. The standard InChI is InChI=1S/C23H21ClN6/c24-18-10-7-13-20(16-18)27-23-29-21(25-15-14-17-8-3-1-4-9-17)28-22(30-23)26-19-11-5-2-6-12-19/h1-13,16H,14-15H2,(H3,25,26,27,28,29,30). The molecule has 0 aliphatic carbocycles. The van der Waals surface area contributed by atoms with Gasteiger partial charge in [0.25, 0.3) is 0 Å². The van der Waals surface area contributed by atoms with E-state index in [1.807, 2.05) is 72.8 Å². The maximum absolute atomic E-state index is 6.09. The van der Waals surface area contributed by atoms with Crippen LogP contribution in [0.1, 0.15) is 5.56 Å². The van der Waals surface area contributed by atoms with Crippen LogP contribution in [0.3, 0.4) is 0 Å². The van der Waals surface area contributed by atoms with Gasteiger partial charge in [-0.3, -0.25) is 0 Å². The van der Waals surface area contributed by atoms with Crippen LogP contribution in [0.25, 0.3) is 0 Å². The summed E-state index contributed by atoms with van der Waals surface area (Å²) in [5.74, 6) is 1.36. The van der Waals surface area contributed by atoms with E-state index in [0.717, 1.165) is 17.8 Å². The highest BCUT2D eigenvalue weighted by Crippen LogP contribution is 2.21. The fourth-order valence-corrected chi connectivity index (χ4v) is 3.07. The molecule has 0 saturated carbocycles. The highest BCUT2D eigenvalue weighted by molar-refractivity contribution is 6.30. The van der Waals surface area contributed by atoms with Crippen molar-refractivity contribution >= 4 is 40.8 Å². The van der Waals surface area contributed by atoms with Crippen LogP contribution in [0.2, 0.25) is 5.02 Å². The molecule has 4 rings (SSSR count). The van der Waals surface area contributed by atoms with E-state index < -0.39 is 0 Å². The minimum Gasteiger partial charge on any atom is -0.354 e. The number of benzene rings is 3. The largest absolute Gasteiger partial charge is 0.354 e. The Hall–Kier alpha value is -3.64. The molecule has 6 nitrogen and oxygen atoms in total. The third-order valence-corrected chi connectivity index (χ3v) is 4.52. The molecule has 0 saturated heterocycles. The molecule has 7 heteroatoms. The van der Waals surface area contributed by atoms with Crippen molar-refractivity contribution in [1.82, 2.24) is 15.0 Å². The zero-order valence-corrected chi connectivity index (χ0v) is 17.0. The normalized spacial score (nSPS) is 10.4. The van der Waals surface area contributed by atoms with Gasteiger partial charge in [-0.15, -0.1) is 0 Å². The predicted octanol–water partition coefficient (Wildman–Crippen LogP) is 5.67. The SMILES string of the molecule is Clc1cccc(Nc2nc(NCCc3ccccc3)nc(Nc3ccccc3)n2)c1. The Bertz CT molecular complexity index is 1090. The first-order valence-corrected chi connectivity index (χ1v) is 10.0. The number of halogens is 1. The van der Waals surface area contributed by atoms with E-state index in [1.54, 1.807) is 0 Å². The molecule has 30 heavy (non-hydrogen) atoms. The second-order valence-electron chi connectivity index (χ2n) is 6.59. The molecular weight excluding hydrogens is 396 g/mol. The number of nitrogens with one attached hydrogen (secondary N) is 3. The van der Waals surface area contributed by atoms with Gasteiger partial charge in [-0.1, -0.05) is 66.2 Å². The van der Waals surface area contributed by atoms with Gasteiger partial charge in [0.1, 0.15) is 0 Å². The van der Waals surface area contributed by atoms with Gasteiger partial charge in [0.2, 0.25) is 17.8 Å². The van der Waals surface area contributed by atoms with Gasteiger partial charge in [-0.25, -0.2) is 0 Å². The number of hydrogen-bond acceptors (Lipinski definition) is 6. The predicted molar refractivity (Wildman–Crippen MR) is 123 cm³/mol. The van der Waals surface area contributed by atoms with Crippen LogP contribution in [0.4, 0.5) is 29.2 Å². The summed E-state index contributed by atoms with van der Waals surface area (Å²) in [6.45, 7) is 0.704. The van der Waals surface area contributed by atoms with E-state index in [-0.39, 0.29) is 0 Å². The molecule has 0 radical (unpaired) electrons. The quantitative estimate of drug-likeness (QED) is 0.344. The summed E-state index contributed by atoms with van der Waals surface area (Å²) in [5.41, 5.74) is 2.95. The van der Waals surface area contributed by atoms with Gasteiger partial charge in [-0.05, 0) is 42.3 Å². The molecule has 0 fully saturated rings. The summed E-state index contributed by atoms with van der Waals surface area (Å²) in [7, 11) is 0. The lowest BCUT2D eigenvalue weighted by atomic mass is 10.1. The Morgan fingerprint density at radius 3 is 1.93 bits per heavy atom. The van der Waals surface area contributed by atoms with Crippen LogP contribution in [0.5, 0.6) is 0 Å². The Labute approximate surface area is 180 Å². The number of rotatable bonds is 8. The molecule has 0 amide bonds. The molecular formula is C23H21ClN6. The van der Waals surface area contributed by atoms with Gasteiger partial charge in [0, 0.05) is 22.9 Å². The molecule has 0 bridgehead atoms. The number of aromatic nitrogens is 3. The molecule has 0 atom stereocenters. The summed E-state index contributed by atoms with van der Waals surface area (Å²) in [6, 6.07) is 27.5. The van der Waals surface area contributed by atoms with Crippen molar-refractivity contribution in [3.8, 4) is 0 Å². The van der Waals surface area contributed by atoms with Crippen molar-refractivity contribution in [3.63, 3.8) is 0 Å². The summed E-state index contributed by atoms with van der Waals surface area (Å²) in [4.78, 5) is 13.5. The second kappa shape index (κ2) is 9.71. The minimum absolute atomic E-state index is 0.424. The smallest absolute Gasteiger partial charge is 0.233 e. The van der Waals surface area contributed by atoms with Crippen LogP contribution < -0.4 is 16.0 Å². The lowest BCUT2D eigenvalue weighted by molar-refractivity contribution is 0.968. The minimum atomic E-state index is 0.424. The maximum Gasteiger partial charge on any atom is 0.233 e. The first-order valence-electron chi connectivity index (χ1n) is 9.63. The van der Waals surface area contributed by atoms with Crippen molar-refractivity contribution < 1.29 is 0 Å². The first kappa shape index (κ1) is 19.7. The number of nitrogens with zero attached hydrogens (tertiary/aromatic N) is 3. The fraction of sp³-hybridized carbons (Fsp3) is 0.0870. The van der Waals surface area contributed by atoms with Crippen molar-refractivity contribution in [3.05, 3.63) is 95.5 Å². The Morgan fingerprint density at radius 2 is 1.23 bits per heavy atom. The third kappa shape index (κ3) is 5.68. The van der Waals surface area contributed by atoms with Gasteiger partial charge in [0.15, 0.2) is 0 Å². The molecule has 1 heterocycles. The van der Waals surface area contributed by atoms with Crippen LogP contribution >= 0.6 is 11.6 Å². The van der Waals surface area contributed by atoms with Gasteiger partial charge >= 0.3 is 0 Å². The van der Waals surface area contributed by atoms with E-state index >= 15 is 0 Å². The highest BCUT2D eigenvalue weighted by Gasteiger charge is 2.08. The molecule has 0 spiro atoms. The second-order valence-corrected chi connectivity index (χ2v) is 7.03. The van der Waals surface area contributed by atoms with Gasteiger partial charge in [0.05, 0.1) is 0 Å². The molecule has 3 N–H and O–H groups in total. The van der Waals surface area contributed by atoms with E-state index in [0.29, 0.717) is 29.4 Å². The number of hydrogen-bond donors (Lipinski definition) is 3. The number of anilines is 5. The average Bonchev–Trinajstić information content (AvgIpc) is 2.75. The lowest BCUT2D eigenvalue weighted by Crippen LogP contribution is -2.11. The van der Waals surface area contributed by atoms with Crippen LogP contribution in [0, 0.1) is 0 Å². The average molecular weight is 417 g/mol. The summed E-state index contributed by atoms with van der Waals surface area (Å²) in [5, 5.41) is 10.3. The molecule has 4 aromatic rings. The Kier molecular flexibility index (Phi) is 6.37. The van der Waals surface area contributed by atoms with E-state index in [1.165, 1.54) is 5.56 Å². The Balaban J connectivity index is 1.53. The van der Waals surface area contributed by atoms with E-state index in [9.17, 15) is 0 Å². The highest BCUT2D eigenvalue weighted by atomic mass is 35.5. The monoisotopic (exact) mass is 416 g/mol. The van der Waals surface area contributed by atoms with Crippen LogP contribution in [0.15, 0.2) is 84.9 Å². The summed E-state index contributed by atoms with van der Waals surface area (Å²) < 4.78 is 0. The first-order chi connectivity index (χ1) is 14.7. The lowest BCUT2D eigenvalue weighted by Gasteiger charge is -2.11. The summed E-state index contributed by atoms with van der Waals surface area (Å²) >= 11 is 6.09. The zero-order chi connectivity index (χ0) is 20.6. The van der Waals surface area contributed by atoms with E-state index in [2.05, 4.69) is 43.0 Å². The third-order valence-electron chi connectivity index (χ3n) is 4.29. The molecule has 1 aromatic heterocycles. The molecule has 0 aliphatic rings. The van der Waals surface area contributed by atoms with Crippen molar-refractivity contribution in [1.29, 1.82) is 0 Å². The maximum atomic E-state index is 6.09. The summed E-state index contributed by atoms with van der Waals surface area (Å²) in [6.07, 6.45) is 0.866. The van der Waals surface area contributed by atoms with Gasteiger partial charge < -0.3 is 16.0 Å². The van der Waals surface area contributed by atoms with E-state index in [4.69, 9.17) is 11.6 Å². The van der Waals surface area contributed by atoms with Crippen molar-refractivity contribution in [2.45, 2.75) is 6.42 Å². The number of para-hydroxylation sites is 1. The van der Waals surface area contributed by atoms with Crippen LogP contribution in [-0.4, -0.2) is 21.5 Å². The fourth-order valence-electron chi connectivity index (χ4n) is 2.88.